The highest BCUT2D eigenvalue weighted by molar-refractivity contribution is 6.04. The number of nitrogens with one attached hydrogen (secondary N) is 1. The molecule has 1 saturated heterocycles. The Hall–Kier alpha value is -2.08. The SMILES string of the molecule is CCCC(=O)C(C)N1C(=O)COc2ccc(OC3(C)CNC3)cc21. The van der Waals surface area contributed by atoms with Gasteiger partial charge in [-0.1, -0.05) is 6.92 Å². The van der Waals surface area contributed by atoms with Crippen LogP contribution in [0.5, 0.6) is 11.5 Å². The maximum Gasteiger partial charge on any atom is 0.265 e. The molecule has 130 valence electrons. The quantitative estimate of drug-likeness (QED) is 0.862. The molecule has 1 N–H and O–H groups in total. The van der Waals surface area contributed by atoms with Gasteiger partial charge in [-0.15, -0.1) is 0 Å². The van der Waals surface area contributed by atoms with Crippen LogP contribution in [0.25, 0.3) is 0 Å². The molecule has 0 bridgehead atoms. The van der Waals surface area contributed by atoms with E-state index in [1.165, 1.54) is 0 Å². The van der Waals surface area contributed by atoms with Crippen LogP contribution in [0, 0.1) is 0 Å². The first-order valence-electron chi connectivity index (χ1n) is 8.45. The lowest BCUT2D eigenvalue weighted by molar-refractivity contribution is -0.126. The van der Waals surface area contributed by atoms with Crippen LogP contribution in [-0.4, -0.2) is 43.0 Å². The van der Waals surface area contributed by atoms with Crippen LogP contribution in [0.15, 0.2) is 18.2 Å². The van der Waals surface area contributed by atoms with Gasteiger partial charge < -0.3 is 14.8 Å². The lowest BCUT2D eigenvalue weighted by Gasteiger charge is -2.40. The van der Waals surface area contributed by atoms with Crippen LogP contribution in [0.1, 0.15) is 33.6 Å². The number of hydrogen-bond acceptors (Lipinski definition) is 5. The molecular weight excluding hydrogens is 308 g/mol. The standard InChI is InChI=1S/C18H24N2O4/c1-4-5-15(21)12(2)20-14-8-13(24-18(3)10-19-11-18)6-7-16(14)23-9-17(20)22/h6-8,12,19H,4-5,9-11H2,1-3H3. The first kappa shape index (κ1) is 16.8. The number of nitrogens with zero attached hydrogens (tertiary/aromatic N) is 1. The highest BCUT2D eigenvalue weighted by Crippen LogP contribution is 2.38. The Kier molecular flexibility index (Phi) is 4.49. The normalized spacial score (nSPS) is 19.8. The smallest absolute Gasteiger partial charge is 0.265 e. The number of amides is 1. The number of anilines is 1. The van der Waals surface area contributed by atoms with Gasteiger partial charge in [0.1, 0.15) is 17.1 Å². The predicted molar refractivity (Wildman–Crippen MR) is 90.7 cm³/mol. The molecule has 24 heavy (non-hydrogen) atoms. The van der Waals surface area contributed by atoms with Crippen molar-refractivity contribution >= 4 is 17.4 Å². The zero-order valence-corrected chi connectivity index (χ0v) is 14.4. The lowest BCUT2D eigenvalue weighted by Crippen LogP contribution is -2.61. The minimum atomic E-state index is -0.503. The molecule has 1 fully saturated rings. The number of Topliss-reactive ketones (excluding diaryl/α,β-unsaturated/α-hetero) is 1. The van der Waals surface area contributed by atoms with Gasteiger partial charge in [0.2, 0.25) is 0 Å². The third-order valence-electron chi connectivity index (χ3n) is 4.52. The van der Waals surface area contributed by atoms with Crippen LogP contribution in [0.4, 0.5) is 5.69 Å². The third-order valence-corrected chi connectivity index (χ3v) is 4.52. The van der Waals surface area contributed by atoms with E-state index in [4.69, 9.17) is 9.47 Å². The Bertz CT molecular complexity index is 654. The molecule has 2 aliphatic heterocycles. The van der Waals surface area contributed by atoms with Crippen molar-refractivity contribution in [3.63, 3.8) is 0 Å². The molecule has 6 heteroatoms. The van der Waals surface area contributed by atoms with Crippen LogP contribution in [0.2, 0.25) is 0 Å². The Morgan fingerprint density at radius 1 is 1.46 bits per heavy atom. The molecule has 0 aliphatic carbocycles. The molecule has 2 heterocycles. The van der Waals surface area contributed by atoms with Gasteiger partial charge in [-0.05, 0) is 32.4 Å². The maximum atomic E-state index is 12.4. The molecule has 1 amide bonds. The van der Waals surface area contributed by atoms with Crippen LogP contribution < -0.4 is 19.7 Å². The topological polar surface area (TPSA) is 67.9 Å². The fourth-order valence-electron chi connectivity index (χ4n) is 3.07. The van der Waals surface area contributed by atoms with Gasteiger partial charge in [0.15, 0.2) is 12.4 Å². The second kappa shape index (κ2) is 6.43. The van der Waals surface area contributed by atoms with Gasteiger partial charge in [0.05, 0.1) is 11.7 Å². The summed E-state index contributed by atoms with van der Waals surface area (Å²) in [7, 11) is 0. The van der Waals surface area contributed by atoms with E-state index in [1.807, 2.05) is 19.9 Å². The molecule has 0 aromatic heterocycles. The summed E-state index contributed by atoms with van der Waals surface area (Å²) in [6.45, 7) is 7.30. The van der Waals surface area contributed by atoms with Gasteiger partial charge in [0, 0.05) is 25.6 Å². The molecule has 2 aliphatic rings. The molecule has 3 rings (SSSR count). The van der Waals surface area contributed by atoms with Crippen molar-refractivity contribution < 1.29 is 19.1 Å². The number of rotatable bonds is 6. The van der Waals surface area contributed by atoms with Crippen molar-refractivity contribution in [2.75, 3.05) is 24.6 Å². The number of ketones is 1. The average Bonchev–Trinajstić information content (AvgIpc) is 2.53. The molecule has 1 aromatic carbocycles. The van der Waals surface area contributed by atoms with Gasteiger partial charge >= 0.3 is 0 Å². The van der Waals surface area contributed by atoms with E-state index in [9.17, 15) is 9.59 Å². The number of hydrogen-bond donors (Lipinski definition) is 1. The van der Waals surface area contributed by atoms with Crippen molar-refractivity contribution in [1.82, 2.24) is 5.32 Å². The van der Waals surface area contributed by atoms with Gasteiger partial charge in [0.25, 0.3) is 5.91 Å². The maximum absolute atomic E-state index is 12.4. The van der Waals surface area contributed by atoms with E-state index in [0.29, 0.717) is 23.6 Å². The van der Waals surface area contributed by atoms with Gasteiger partial charge in [-0.2, -0.15) is 0 Å². The van der Waals surface area contributed by atoms with Crippen LogP contribution in [-0.2, 0) is 9.59 Å². The van der Waals surface area contributed by atoms with E-state index < -0.39 is 6.04 Å². The summed E-state index contributed by atoms with van der Waals surface area (Å²) in [6, 6.07) is 4.94. The van der Waals surface area contributed by atoms with Crippen molar-refractivity contribution in [3.8, 4) is 11.5 Å². The number of fused-ring (bicyclic) bond motifs is 1. The van der Waals surface area contributed by atoms with E-state index in [-0.39, 0.29) is 23.9 Å². The fraction of sp³-hybridized carbons (Fsp3) is 0.556. The third kappa shape index (κ3) is 3.11. The zero-order chi connectivity index (χ0) is 17.3. The summed E-state index contributed by atoms with van der Waals surface area (Å²) in [5.41, 5.74) is 0.374. The van der Waals surface area contributed by atoms with Gasteiger partial charge in [-0.25, -0.2) is 0 Å². The van der Waals surface area contributed by atoms with E-state index in [2.05, 4.69) is 5.32 Å². The fourth-order valence-corrected chi connectivity index (χ4v) is 3.07. The second-order valence-corrected chi connectivity index (χ2v) is 6.73. The minimum absolute atomic E-state index is 0.0431. The first-order chi connectivity index (χ1) is 11.4. The van der Waals surface area contributed by atoms with Crippen molar-refractivity contribution in [2.24, 2.45) is 0 Å². The molecule has 6 nitrogen and oxygen atoms in total. The molecule has 0 spiro atoms. The van der Waals surface area contributed by atoms with Crippen molar-refractivity contribution in [2.45, 2.75) is 45.3 Å². The Labute approximate surface area is 142 Å². The average molecular weight is 332 g/mol. The second-order valence-electron chi connectivity index (χ2n) is 6.73. The van der Waals surface area contributed by atoms with Crippen LogP contribution >= 0.6 is 0 Å². The largest absolute Gasteiger partial charge is 0.485 e. The Morgan fingerprint density at radius 3 is 2.83 bits per heavy atom. The summed E-state index contributed by atoms with van der Waals surface area (Å²) >= 11 is 0. The van der Waals surface area contributed by atoms with Gasteiger partial charge in [-0.3, -0.25) is 14.5 Å². The lowest BCUT2D eigenvalue weighted by atomic mass is 10.00. The van der Waals surface area contributed by atoms with E-state index in [1.54, 1.807) is 24.0 Å². The summed E-state index contributed by atoms with van der Waals surface area (Å²) in [4.78, 5) is 26.2. The molecule has 0 saturated carbocycles. The molecule has 1 unspecified atom stereocenters. The summed E-state index contributed by atoms with van der Waals surface area (Å²) in [5.74, 6) is 1.14. The van der Waals surface area contributed by atoms with E-state index >= 15 is 0 Å². The van der Waals surface area contributed by atoms with Crippen LogP contribution in [0.3, 0.4) is 0 Å². The monoisotopic (exact) mass is 332 g/mol. The highest BCUT2D eigenvalue weighted by Gasteiger charge is 2.36. The van der Waals surface area contributed by atoms with Crippen molar-refractivity contribution in [3.05, 3.63) is 18.2 Å². The molecule has 0 radical (unpaired) electrons. The summed E-state index contributed by atoms with van der Waals surface area (Å²) < 4.78 is 11.5. The Morgan fingerprint density at radius 2 is 2.21 bits per heavy atom. The number of benzene rings is 1. The number of carbonyl (C=O) groups is 2. The molecular formula is C18H24N2O4. The highest BCUT2D eigenvalue weighted by atomic mass is 16.5. The zero-order valence-electron chi connectivity index (χ0n) is 14.4. The number of ether oxygens (including phenoxy) is 2. The first-order valence-corrected chi connectivity index (χ1v) is 8.45. The minimum Gasteiger partial charge on any atom is -0.485 e. The predicted octanol–water partition coefficient (Wildman–Crippen LogP) is 1.91. The molecule has 1 atom stereocenters. The van der Waals surface area contributed by atoms with Crippen molar-refractivity contribution in [1.29, 1.82) is 0 Å². The Balaban J connectivity index is 1.89. The van der Waals surface area contributed by atoms with E-state index in [0.717, 1.165) is 19.5 Å². The molecule has 1 aromatic rings. The summed E-state index contributed by atoms with van der Waals surface area (Å²) in [5, 5.41) is 3.19. The summed E-state index contributed by atoms with van der Waals surface area (Å²) in [6.07, 6.45) is 1.23. The number of carbonyl (C=O) groups excluding carboxylic acids is 2.